The van der Waals surface area contributed by atoms with Gasteiger partial charge in [0.1, 0.15) is 24.4 Å². The molecule has 0 aromatic heterocycles. The molecule has 0 spiro atoms. The van der Waals surface area contributed by atoms with E-state index in [0.717, 1.165) is 38.5 Å². The van der Waals surface area contributed by atoms with Crippen LogP contribution in [-0.4, -0.2) is 87.5 Å². The number of aliphatic hydroxyl groups is 5. The first-order valence-electron chi connectivity index (χ1n) is 23.1. The van der Waals surface area contributed by atoms with Gasteiger partial charge in [-0.2, -0.15) is 0 Å². The molecule has 0 aliphatic carbocycles. The van der Waals surface area contributed by atoms with Gasteiger partial charge in [0.05, 0.1) is 25.4 Å². The van der Waals surface area contributed by atoms with E-state index in [1.165, 1.54) is 148 Å². The van der Waals surface area contributed by atoms with E-state index >= 15 is 0 Å². The number of hydrogen-bond acceptors (Lipinski definition) is 8. The molecule has 1 amide bonds. The minimum absolute atomic E-state index is 0.182. The lowest BCUT2D eigenvalue weighted by molar-refractivity contribution is -0.302. The largest absolute Gasteiger partial charge is 0.394 e. The third-order valence-electron chi connectivity index (χ3n) is 11.0. The first kappa shape index (κ1) is 51.7. The van der Waals surface area contributed by atoms with Crippen molar-refractivity contribution >= 4 is 5.91 Å². The van der Waals surface area contributed by atoms with E-state index in [-0.39, 0.29) is 12.5 Å². The van der Waals surface area contributed by atoms with Crippen molar-refractivity contribution in [2.75, 3.05) is 13.2 Å². The molecule has 6 N–H and O–H groups in total. The number of amides is 1. The molecule has 1 fully saturated rings. The highest BCUT2D eigenvalue weighted by atomic mass is 16.7. The molecule has 9 heteroatoms. The molecular formula is C46H87NO8. The summed E-state index contributed by atoms with van der Waals surface area (Å²) in [7, 11) is 0. The van der Waals surface area contributed by atoms with E-state index in [0.29, 0.717) is 6.42 Å². The lowest BCUT2D eigenvalue weighted by Gasteiger charge is -2.40. The summed E-state index contributed by atoms with van der Waals surface area (Å²) in [6.45, 7) is 3.76. The number of carbonyl (C=O) groups excluding carboxylic acids is 1. The van der Waals surface area contributed by atoms with Gasteiger partial charge in [0.2, 0.25) is 5.91 Å². The quantitative estimate of drug-likeness (QED) is 0.0268. The third kappa shape index (κ3) is 27.9. The molecule has 1 rings (SSSR count). The van der Waals surface area contributed by atoms with Crippen LogP contribution in [0.25, 0.3) is 0 Å². The molecule has 1 saturated heterocycles. The van der Waals surface area contributed by atoms with Crippen LogP contribution in [0.4, 0.5) is 0 Å². The van der Waals surface area contributed by atoms with Crippen molar-refractivity contribution in [3.8, 4) is 0 Å². The summed E-state index contributed by atoms with van der Waals surface area (Å²) in [5, 5.41) is 54.1. The van der Waals surface area contributed by atoms with Crippen LogP contribution in [0.3, 0.4) is 0 Å². The molecule has 0 saturated carbocycles. The fraction of sp³-hybridized carbons (Fsp3) is 0.891. The van der Waals surface area contributed by atoms with Crippen molar-refractivity contribution < 1.29 is 39.8 Å². The van der Waals surface area contributed by atoms with Gasteiger partial charge in [-0.1, -0.05) is 179 Å². The van der Waals surface area contributed by atoms with Crippen LogP contribution in [0.5, 0.6) is 0 Å². The van der Waals surface area contributed by atoms with E-state index < -0.39 is 49.5 Å². The number of allylic oxidation sites excluding steroid dienone is 3. The number of unbranched alkanes of at least 4 members (excludes halogenated alkanes) is 26. The number of carbonyl (C=O) groups is 1. The van der Waals surface area contributed by atoms with Crippen molar-refractivity contribution in [1.29, 1.82) is 0 Å². The number of rotatable bonds is 38. The highest BCUT2D eigenvalue weighted by Gasteiger charge is 2.44. The highest BCUT2D eigenvalue weighted by Crippen LogP contribution is 2.22. The van der Waals surface area contributed by atoms with Crippen LogP contribution in [-0.2, 0) is 14.3 Å². The fourth-order valence-electron chi connectivity index (χ4n) is 7.27. The van der Waals surface area contributed by atoms with E-state index in [2.05, 4.69) is 31.3 Å². The van der Waals surface area contributed by atoms with Crippen molar-refractivity contribution in [3.63, 3.8) is 0 Å². The van der Waals surface area contributed by atoms with Crippen LogP contribution < -0.4 is 5.32 Å². The zero-order chi connectivity index (χ0) is 40.2. The maximum Gasteiger partial charge on any atom is 0.220 e. The second kappa shape index (κ2) is 37.0. The van der Waals surface area contributed by atoms with E-state index in [4.69, 9.17) is 9.47 Å². The fourth-order valence-corrected chi connectivity index (χ4v) is 7.27. The zero-order valence-corrected chi connectivity index (χ0v) is 35.4. The lowest BCUT2D eigenvalue weighted by atomic mass is 9.99. The van der Waals surface area contributed by atoms with E-state index in [1.54, 1.807) is 6.08 Å². The number of aliphatic hydroxyl groups excluding tert-OH is 5. The second-order valence-corrected chi connectivity index (χ2v) is 16.2. The maximum absolute atomic E-state index is 12.9. The smallest absolute Gasteiger partial charge is 0.220 e. The Kier molecular flexibility index (Phi) is 34.7. The maximum atomic E-state index is 12.9. The number of nitrogens with one attached hydrogen (secondary N) is 1. The van der Waals surface area contributed by atoms with Crippen molar-refractivity contribution in [1.82, 2.24) is 5.32 Å². The Balaban J connectivity index is 2.30. The summed E-state index contributed by atoms with van der Waals surface area (Å²) in [5.74, 6) is -0.182. The summed E-state index contributed by atoms with van der Waals surface area (Å²) in [4.78, 5) is 12.9. The average molecular weight is 782 g/mol. The van der Waals surface area contributed by atoms with Gasteiger partial charge in [-0.15, -0.1) is 0 Å². The van der Waals surface area contributed by atoms with Crippen LogP contribution >= 0.6 is 0 Å². The first-order valence-corrected chi connectivity index (χ1v) is 23.1. The molecular weight excluding hydrogens is 695 g/mol. The molecule has 1 aliphatic rings. The Labute approximate surface area is 337 Å². The molecule has 9 nitrogen and oxygen atoms in total. The third-order valence-corrected chi connectivity index (χ3v) is 11.0. The second-order valence-electron chi connectivity index (χ2n) is 16.2. The predicted molar refractivity (Wildman–Crippen MR) is 226 cm³/mol. The Morgan fingerprint density at radius 3 is 1.47 bits per heavy atom. The summed E-state index contributed by atoms with van der Waals surface area (Å²) in [6.07, 6.45) is 36.5. The normalized spacial score (nSPS) is 21.5. The van der Waals surface area contributed by atoms with Crippen molar-refractivity contribution in [2.24, 2.45) is 0 Å². The molecule has 0 bridgehead atoms. The SMILES string of the molecule is CCCCCCCCCCC/C=C/C(O)C(COC1OC(CO)C(O)C(O)C1O)NC(=O)CCCCCCCCC/C=C\CCCCCCCCCCCC. The minimum Gasteiger partial charge on any atom is -0.394 e. The molecule has 0 radical (unpaired) electrons. The van der Waals surface area contributed by atoms with Gasteiger partial charge in [0.25, 0.3) is 0 Å². The van der Waals surface area contributed by atoms with Crippen LogP contribution in [0.2, 0.25) is 0 Å². The highest BCUT2D eigenvalue weighted by molar-refractivity contribution is 5.76. The number of ether oxygens (including phenoxy) is 2. The van der Waals surface area contributed by atoms with Gasteiger partial charge in [-0.05, 0) is 44.9 Å². The molecule has 324 valence electrons. The monoisotopic (exact) mass is 782 g/mol. The van der Waals surface area contributed by atoms with E-state index in [9.17, 15) is 30.3 Å². The van der Waals surface area contributed by atoms with Gasteiger partial charge in [0.15, 0.2) is 6.29 Å². The van der Waals surface area contributed by atoms with Crippen LogP contribution in [0.1, 0.15) is 206 Å². The number of hydrogen-bond donors (Lipinski definition) is 6. The van der Waals surface area contributed by atoms with Crippen LogP contribution in [0.15, 0.2) is 24.3 Å². The summed E-state index contributed by atoms with van der Waals surface area (Å²) in [6, 6.07) is -0.803. The van der Waals surface area contributed by atoms with Gasteiger partial charge in [0, 0.05) is 6.42 Å². The predicted octanol–water partition coefficient (Wildman–Crippen LogP) is 9.50. The lowest BCUT2D eigenvalue weighted by Crippen LogP contribution is -2.60. The van der Waals surface area contributed by atoms with Crippen LogP contribution in [0, 0.1) is 0 Å². The minimum atomic E-state index is -1.56. The first-order chi connectivity index (χ1) is 26.8. The zero-order valence-electron chi connectivity index (χ0n) is 35.4. The van der Waals surface area contributed by atoms with Gasteiger partial charge < -0.3 is 40.3 Å². The molecule has 0 aromatic rings. The Hall–Kier alpha value is -1.33. The van der Waals surface area contributed by atoms with E-state index in [1.807, 2.05) is 6.08 Å². The molecule has 1 aliphatic heterocycles. The van der Waals surface area contributed by atoms with Crippen molar-refractivity contribution in [2.45, 2.75) is 249 Å². The Morgan fingerprint density at radius 1 is 0.600 bits per heavy atom. The molecule has 0 aromatic carbocycles. The molecule has 1 heterocycles. The molecule has 55 heavy (non-hydrogen) atoms. The summed E-state index contributed by atoms with van der Waals surface area (Å²) >= 11 is 0. The van der Waals surface area contributed by atoms with Crippen molar-refractivity contribution in [3.05, 3.63) is 24.3 Å². The summed E-state index contributed by atoms with van der Waals surface area (Å²) < 4.78 is 11.2. The average Bonchev–Trinajstić information content (AvgIpc) is 3.18. The molecule has 7 atom stereocenters. The van der Waals surface area contributed by atoms with Gasteiger partial charge >= 0.3 is 0 Å². The molecule has 7 unspecified atom stereocenters. The topological polar surface area (TPSA) is 149 Å². The van der Waals surface area contributed by atoms with Gasteiger partial charge in [-0.3, -0.25) is 4.79 Å². The van der Waals surface area contributed by atoms with Gasteiger partial charge in [-0.25, -0.2) is 0 Å². The summed E-state index contributed by atoms with van der Waals surface area (Å²) in [5.41, 5.74) is 0. The Morgan fingerprint density at radius 2 is 1.02 bits per heavy atom. The Bertz CT molecular complexity index is 914. The standard InChI is InChI=1S/C46H87NO8/c1-3-5-7-9-11-13-15-16-17-18-19-20-21-22-23-24-26-28-30-32-34-36-42(50)47-39(38-54-46-45(53)44(52)43(51)41(37-48)55-46)40(49)35-33-31-29-27-25-14-12-10-8-6-4-2/h20-21,33,35,39-41,43-46,48-49,51-53H,3-19,22-32,34,36-38H2,1-2H3,(H,47,50)/b21-20-,35-33+.